The van der Waals surface area contributed by atoms with E-state index in [1.165, 1.54) is 0 Å². The van der Waals surface area contributed by atoms with Gasteiger partial charge in [-0.25, -0.2) is 15.8 Å². The smallest absolute Gasteiger partial charge is 0.163 e. The first-order valence-corrected chi connectivity index (χ1v) is 6.00. The maximum Gasteiger partial charge on any atom is 0.163 e. The SMILES string of the molecule is NNc1ccnc(-c2ccc(Cl)c3cccnc23)n1. The molecule has 19 heavy (non-hydrogen) atoms. The largest absolute Gasteiger partial charge is 0.308 e. The summed E-state index contributed by atoms with van der Waals surface area (Å²) >= 11 is 6.16. The van der Waals surface area contributed by atoms with Gasteiger partial charge in [0.1, 0.15) is 5.82 Å². The van der Waals surface area contributed by atoms with Gasteiger partial charge < -0.3 is 5.43 Å². The van der Waals surface area contributed by atoms with Crippen LogP contribution in [0.2, 0.25) is 5.02 Å². The van der Waals surface area contributed by atoms with E-state index in [1.807, 2.05) is 24.3 Å². The minimum Gasteiger partial charge on any atom is -0.308 e. The fraction of sp³-hybridized carbons (Fsp3) is 0. The van der Waals surface area contributed by atoms with Gasteiger partial charge in [-0.3, -0.25) is 4.98 Å². The van der Waals surface area contributed by atoms with Crippen LogP contribution in [0, 0.1) is 0 Å². The highest BCUT2D eigenvalue weighted by Crippen LogP contribution is 2.29. The molecular formula is C13H10ClN5. The van der Waals surface area contributed by atoms with Gasteiger partial charge in [0, 0.05) is 29.4 Å². The van der Waals surface area contributed by atoms with Crippen LogP contribution in [0.25, 0.3) is 22.3 Å². The lowest BCUT2D eigenvalue weighted by molar-refractivity contribution is 1.15. The minimum atomic E-state index is 0.545. The van der Waals surface area contributed by atoms with Gasteiger partial charge in [-0.2, -0.15) is 0 Å². The predicted octanol–water partition coefficient (Wildman–Crippen LogP) is 2.63. The van der Waals surface area contributed by atoms with E-state index in [1.54, 1.807) is 18.5 Å². The van der Waals surface area contributed by atoms with Gasteiger partial charge in [-0.1, -0.05) is 11.6 Å². The molecule has 2 aromatic heterocycles. The Bertz CT molecular complexity index is 744. The van der Waals surface area contributed by atoms with Crippen molar-refractivity contribution in [1.29, 1.82) is 0 Å². The number of anilines is 1. The number of benzene rings is 1. The van der Waals surface area contributed by atoms with Gasteiger partial charge in [0.05, 0.1) is 10.5 Å². The van der Waals surface area contributed by atoms with Crippen LogP contribution in [-0.4, -0.2) is 15.0 Å². The molecule has 0 fully saturated rings. The Hall–Kier alpha value is -2.24. The van der Waals surface area contributed by atoms with Crippen LogP contribution in [0.4, 0.5) is 5.82 Å². The summed E-state index contributed by atoms with van der Waals surface area (Å²) in [6.45, 7) is 0. The van der Waals surface area contributed by atoms with Crippen LogP contribution in [0.1, 0.15) is 0 Å². The maximum absolute atomic E-state index is 6.16. The molecule has 0 saturated carbocycles. The molecule has 0 radical (unpaired) electrons. The summed E-state index contributed by atoms with van der Waals surface area (Å²) < 4.78 is 0. The van der Waals surface area contributed by atoms with Crippen LogP contribution in [0.3, 0.4) is 0 Å². The number of nitrogens with two attached hydrogens (primary N) is 1. The fourth-order valence-electron chi connectivity index (χ4n) is 1.89. The lowest BCUT2D eigenvalue weighted by Crippen LogP contribution is -2.09. The van der Waals surface area contributed by atoms with Gasteiger partial charge in [-0.15, -0.1) is 0 Å². The van der Waals surface area contributed by atoms with Crippen LogP contribution in [0.15, 0.2) is 42.7 Å². The second kappa shape index (κ2) is 4.79. The third-order valence-corrected chi connectivity index (χ3v) is 3.09. The molecule has 5 nitrogen and oxygen atoms in total. The molecule has 0 saturated heterocycles. The Morgan fingerprint density at radius 1 is 1.05 bits per heavy atom. The summed E-state index contributed by atoms with van der Waals surface area (Å²) in [5.74, 6) is 6.45. The molecular weight excluding hydrogens is 262 g/mol. The molecule has 0 atom stereocenters. The van der Waals surface area contributed by atoms with Crippen molar-refractivity contribution in [3.63, 3.8) is 0 Å². The van der Waals surface area contributed by atoms with Crippen LogP contribution in [0.5, 0.6) is 0 Å². The first kappa shape index (κ1) is 11.8. The zero-order chi connectivity index (χ0) is 13.2. The molecule has 0 amide bonds. The normalized spacial score (nSPS) is 10.6. The Labute approximate surface area is 114 Å². The molecule has 6 heteroatoms. The van der Waals surface area contributed by atoms with Gasteiger partial charge >= 0.3 is 0 Å². The molecule has 3 aromatic rings. The van der Waals surface area contributed by atoms with Crippen molar-refractivity contribution in [1.82, 2.24) is 15.0 Å². The van der Waals surface area contributed by atoms with Gasteiger partial charge in [0.25, 0.3) is 0 Å². The number of nitrogens with one attached hydrogen (secondary N) is 1. The molecule has 0 aliphatic rings. The van der Waals surface area contributed by atoms with E-state index >= 15 is 0 Å². The van der Waals surface area contributed by atoms with E-state index in [2.05, 4.69) is 20.4 Å². The number of aromatic nitrogens is 3. The topological polar surface area (TPSA) is 76.7 Å². The average molecular weight is 272 g/mol. The van der Waals surface area contributed by atoms with Crippen molar-refractivity contribution in [2.45, 2.75) is 0 Å². The van der Waals surface area contributed by atoms with Crippen molar-refractivity contribution < 1.29 is 0 Å². The third-order valence-electron chi connectivity index (χ3n) is 2.76. The van der Waals surface area contributed by atoms with E-state index in [0.29, 0.717) is 16.7 Å². The van der Waals surface area contributed by atoms with Crippen molar-refractivity contribution >= 4 is 28.3 Å². The number of halogens is 1. The summed E-state index contributed by atoms with van der Waals surface area (Å²) in [6.07, 6.45) is 3.36. The number of pyridine rings is 1. The molecule has 0 bridgehead atoms. The molecule has 0 aliphatic heterocycles. The van der Waals surface area contributed by atoms with Crippen LogP contribution >= 0.6 is 11.6 Å². The Balaban J connectivity index is 2.28. The lowest BCUT2D eigenvalue weighted by Gasteiger charge is -2.07. The Morgan fingerprint density at radius 2 is 1.95 bits per heavy atom. The van der Waals surface area contributed by atoms with Gasteiger partial charge in [0.15, 0.2) is 5.82 Å². The number of fused-ring (bicyclic) bond motifs is 1. The zero-order valence-electron chi connectivity index (χ0n) is 9.84. The molecule has 3 rings (SSSR count). The molecule has 94 valence electrons. The minimum absolute atomic E-state index is 0.545. The van der Waals surface area contributed by atoms with Crippen molar-refractivity contribution in [2.24, 2.45) is 5.84 Å². The standard InChI is InChI=1S/C13H10ClN5/c14-10-4-3-9(12-8(10)2-1-6-16-12)13-17-7-5-11(18-13)19-15/h1-7H,15H2,(H,17,18,19). The Kier molecular flexibility index (Phi) is 2.98. The highest BCUT2D eigenvalue weighted by molar-refractivity contribution is 6.35. The second-order valence-electron chi connectivity index (χ2n) is 3.90. The molecule has 2 heterocycles. The van der Waals surface area contributed by atoms with Crippen molar-refractivity contribution in [3.05, 3.63) is 47.7 Å². The average Bonchev–Trinajstić information content (AvgIpc) is 2.48. The lowest BCUT2D eigenvalue weighted by atomic mass is 10.1. The third kappa shape index (κ3) is 2.09. The predicted molar refractivity (Wildman–Crippen MR) is 75.6 cm³/mol. The van der Waals surface area contributed by atoms with Gasteiger partial charge in [0.2, 0.25) is 0 Å². The highest BCUT2D eigenvalue weighted by Gasteiger charge is 2.10. The quantitative estimate of drug-likeness (QED) is 0.553. The molecule has 1 aromatic carbocycles. The number of hydrogen-bond acceptors (Lipinski definition) is 5. The highest BCUT2D eigenvalue weighted by atomic mass is 35.5. The Morgan fingerprint density at radius 3 is 2.79 bits per heavy atom. The molecule has 0 aliphatic carbocycles. The molecule has 0 spiro atoms. The van der Waals surface area contributed by atoms with Crippen LogP contribution < -0.4 is 11.3 Å². The summed E-state index contributed by atoms with van der Waals surface area (Å²) in [5, 5.41) is 1.52. The van der Waals surface area contributed by atoms with E-state index < -0.39 is 0 Å². The maximum atomic E-state index is 6.16. The van der Waals surface area contributed by atoms with Crippen LogP contribution in [-0.2, 0) is 0 Å². The van der Waals surface area contributed by atoms with E-state index in [4.69, 9.17) is 17.4 Å². The summed E-state index contributed by atoms with van der Waals surface area (Å²) in [7, 11) is 0. The second-order valence-corrected chi connectivity index (χ2v) is 4.31. The molecule has 0 unspecified atom stereocenters. The van der Waals surface area contributed by atoms with E-state index in [9.17, 15) is 0 Å². The van der Waals surface area contributed by atoms with E-state index in [-0.39, 0.29) is 0 Å². The fourth-order valence-corrected chi connectivity index (χ4v) is 2.10. The molecule has 3 N–H and O–H groups in total. The number of hydrazine groups is 1. The number of nitrogens with zero attached hydrogens (tertiary/aromatic N) is 3. The first-order chi connectivity index (χ1) is 9.29. The van der Waals surface area contributed by atoms with Crippen molar-refractivity contribution in [3.8, 4) is 11.4 Å². The number of nitrogen functional groups attached to an aromatic ring is 1. The first-order valence-electron chi connectivity index (χ1n) is 5.63. The summed E-state index contributed by atoms with van der Waals surface area (Å²) in [6, 6.07) is 9.12. The summed E-state index contributed by atoms with van der Waals surface area (Å²) in [5.41, 5.74) is 4.08. The number of rotatable bonds is 2. The van der Waals surface area contributed by atoms with Gasteiger partial charge in [-0.05, 0) is 24.3 Å². The zero-order valence-corrected chi connectivity index (χ0v) is 10.6. The number of hydrogen-bond donors (Lipinski definition) is 2. The monoisotopic (exact) mass is 271 g/mol. The van der Waals surface area contributed by atoms with E-state index in [0.717, 1.165) is 16.5 Å². The van der Waals surface area contributed by atoms with Crippen molar-refractivity contribution in [2.75, 3.05) is 5.43 Å². The summed E-state index contributed by atoms with van der Waals surface area (Å²) in [4.78, 5) is 12.9.